The van der Waals surface area contributed by atoms with Crippen LogP contribution in [0.3, 0.4) is 0 Å². The summed E-state index contributed by atoms with van der Waals surface area (Å²) in [6.45, 7) is 2.90. The molecule has 0 aromatic rings. The molecule has 21 heavy (non-hydrogen) atoms. The van der Waals surface area contributed by atoms with Gasteiger partial charge in [0.15, 0.2) is 6.29 Å². The summed E-state index contributed by atoms with van der Waals surface area (Å²) in [4.78, 5) is 0. The molecule has 0 heterocycles. The van der Waals surface area contributed by atoms with Gasteiger partial charge < -0.3 is 9.84 Å². The zero-order valence-electron chi connectivity index (χ0n) is 14.1. The Labute approximate surface area is 134 Å². The Hall–Kier alpha value is 0.0700. The molecule has 1 N–H and O–H groups in total. The smallest absolute Gasteiger partial charge is 0.154 e. The molecular weight excluding hydrogens is 284 g/mol. The van der Waals surface area contributed by atoms with E-state index in [1.54, 1.807) is 6.26 Å². The van der Waals surface area contributed by atoms with Gasteiger partial charge in [0, 0.05) is 29.4 Å². The van der Waals surface area contributed by atoms with Gasteiger partial charge in [0.25, 0.3) is 0 Å². The highest BCUT2D eigenvalue weighted by Crippen LogP contribution is 2.11. The third kappa shape index (κ3) is 18.0. The van der Waals surface area contributed by atoms with Gasteiger partial charge in [-0.15, -0.1) is 0 Å². The second kappa shape index (κ2) is 16.4. The van der Waals surface area contributed by atoms with Crippen molar-refractivity contribution in [3.63, 3.8) is 0 Å². The average Bonchev–Trinajstić information content (AvgIpc) is 2.44. The molecule has 0 aromatic heterocycles. The number of hydrogen-bond donors (Lipinski definition) is 1. The van der Waals surface area contributed by atoms with Crippen molar-refractivity contribution in [2.45, 2.75) is 90.3 Å². The topological polar surface area (TPSA) is 46.5 Å². The second-order valence-electron chi connectivity index (χ2n) is 5.93. The predicted molar refractivity (Wildman–Crippen MR) is 92.0 cm³/mol. The number of aliphatic hydroxyl groups is 1. The molecule has 128 valence electrons. The van der Waals surface area contributed by atoms with E-state index in [4.69, 9.17) is 4.74 Å². The molecule has 0 bridgehead atoms. The van der Waals surface area contributed by atoms with E-state index in [0.717, 1.165) is 12.8 Å². The maximum Gasteiger partial charge on any atom is 0.154 e. The molecule has 0 rings (SSSR count). The molecule has 0 aromatic carbocycles. The van der Waals surface area contributed by atoms with Gasteiger partial charge in [-0.25, -0.2) is 0 Å². The van der Waals surface area contributed by atoms with E-state index in [1.165, 1.54) is 57.8 Å². The first-order valence-electron chi connectivity index (χ1n) is 8.76. The van der Waals surface area contributed by atoms with E-state index in [1.807, 2.05) is 0 Å². The molecule has 3 nitrogen and oxygen atoms in total. The minimum absolute atomic E-state index is 0.595. The average molecular weight is 321 g/mol. The Bertz CT molecular complexity index is 234. The normalized spacial score (nSPS) is 14.2. The molecule has 0 radical (unpaired) electrons. The number of ether oxygens (including phenoxy) is 1. The lowest BCUT2D eigenvalue weighted by molar-refractivity contribution is -0.104. The Balaban J connectivity index is 3.12. The molecule has 2 atom stereocenters. The highest BCUT2D eigenvalue weighted by atomic mass is 32.2. The van der Waals surface area contributed by atoms with Crippen molar-refractivity contribution in [3.05, 3.63) is 0 Å². The lowest BCUT2D eigenvalue weighted by Gasteiger charge is -2.11. The Morgan fingerprint density at radius 3 is 1.95 bits per heavy atom. The summed E-state index contributed by atoms with van der Waals surface area (Å²) in [5, 5.41) is 9.58. The highest BCUT2D eigenvalue weighted by molar-refractivity contribution is 7.84. The number of hydrogen-bond acceptors (Lipinski definition) is 3. The minimum atomic E-state index is -0.764. The van der Waals surface area contributed by atoms with E-state index < -0.39 is 17.1 Å². The standard InChI is InChI=1S/C17H36O3S/c1-3-4-5-6-7-8-9-10-11-12-15-20-17(18)14-13-16-21(2)19/h17-18H,3-16H2,1-2H3. The van der Waals surface area contributed by atoms with Gasteiger partial charge in [0.2, 0.25) is 0 Å². The Kier molecular flexibility index (Phi) is 16.5. The van der Waals surface area contributed by atoms with Gasteiger partial charge in [0.05, 0.1) is 0 Å². The number of aliphatic hydroxyl groups excluding tert-OH is 1. The summed E-state index contributed by atoms with van der Waals surface area (Å²) in [5.41, 5.74) is 0. The summed E-state index contributed by atoms with van der Waals surface area (Å²) >= 11 is 0. The maximum absolute atomic E-state index is 10.9. The summed E-state index contributed by atoms with van der Waals surface area (Å²) in [6, 6.07) is 0. The first kappa shape index (κ1) is 21.1. The molecule has 0 fully saturated rings. The van der Waals surface area contributed by atoms with Crippen molar-refractivity contribution in [2.24, 2.45) is 0 Å². The molecule has 0 saturated heterocycles. The van der Waals surface area contributed by atoms with E-state index >= 15 is 0 Å². The van der Waals surface area contributed by atoms with Gasteiger partial charge in [-0.1, -0.05) is 64.7 Å². The van der Waals surface area contributed by atoms with Crippen LogP contribution in [0.2, 0.25) is 0 Å². The third-order valence-electron chi connectivity index (χ3n) is 3.69. The summed E-state index contributed by atoms with van der Waals surface area (Å²) < 4.78 is 16.2. The number of unbranched alkanes of at least 4 members (excludes halogenated alkanes) is 9. The lowest BCUT2D eigenvalue weighted by atomic mass is 10.1. The lowest BCUT2D eigenvalue weighted by Crippen LogP contribution is -2.13. The van der Waals surface area contributed by atoms with Gasteiger partial charge in [-0.05, 0) is 19.3 Å². The number of rotatable bonds is 16. The molecule has 0 amide bonds. The second-order valence-corrected chi connectivity index (χ2v) is 7.48. The highest BCUT2D eigenvalue weighted by Gasteiger charge is 2.04. The minimum Gasteiger partial charge on any atom is -0.368 e. The van der Waals surface area contributed by atoms with Crippen molar-refractivity contribution in [1.29, 1.82) is 0 Å². The van der Waals surface area contributed by atoms with Crippen LogP contribution in [0, 0.1) is 0 Å². The van der Waals surface area contributed by atoms with E-state index in [2.05, 4.69) is 6.92 Å². The van der Waals surface area contributed by atoms with Crippen LogP contribution in [-0.4, -0.2) is 34.2 Å². The zero-order chi connectivity index (χ0) is 15.8. The molecule has 2 unspecified atom stereocenters. The van der Waals surface area contributed by atoms with Gasteiger partial charge in [0.1, 0.15) is 0 Å². The Morgan fingerprint density at radius 2 is 1.43 bits per heavy atom. The molecule has 0 spiro atoms. The summed E-state index contributed by atoms with van der Waals surface area (Å²) in [7, 11) is -0.764. The SMILES string of the molecule is CCCCCCCCCCCCOC(O)CCCS(C)=O. The van der Waals surface area contributed by atoms with Crippen molar-refractivity contribution in [3.8, 4) is 0 Å². The molecular formula is C17H36O3S. The predicted octanol–water partition coefficient (Wildman–Crippen LogP) is 4.40. The van der Waals surface area contributed by atoms with Gasteiger partial charge >= 0.3 is 0 Å². The van der Waals surface area contributed by atoms with E-state index in [9.17, 15) is 9.32 Å². The van der Waals surface area contributed by atoms with Crippen LogP contribution in [0.4, 0.5) is 0 Å². The molecule has 4 heteroatoms. The van der Waals surface area contributed by atoms with Crippen molar-refractivity contribution >= 4 is 10.8 Å². The monoisotopic (exact) mass is 320 g/mol. The van der Waals surface area contributed by atoms with Crippen LogP contribution in [0.25, 0.3) is 0 Å². The van der Waals surface area contributed by atoms with Crippen LogP contribution < -0.4 is 0 Å². The van der Waals surface area contributed by atoms with Crippen molar-refractivity contribution in [1.82, 2.24) is 0 Å². The zero-order valence-corrected chi connectivity index (χ0v) is 15.0. The fourth-order valence-electron chi connectivity index (χ4n) is 2.35. The van der Waals surface area contributed by atoms with Gasteiger partial charge in [-0.2, -0.15) is 0 Å². The first-order chi connectivity index (χ1) is 10.2. The van der Waals surface area contributed by atoms with Crippen LogP contribution in [-0.2, 0) is 15.5 Å². The molecule has 0 aliphatic heterocycles. The maximum atomic E-state index is 10.9. The molecule has 0 aliphatic carbocycles. The Morgan fingerprint density at radius 1 is 0.905 bits per heavy atom. The molecule has 0 saturated carbocycles. The molecule has 0 aliphatic rings. The summed E-state index contributed by atoms with van der Waals surface area (Å²) in [5.74, 6) is 0.651. The van der Waals surface area contributed by atoms with E-state index in [-0.39, 0.29) is 0 Å². The fourth-order valence-corrected chi connectivity index (χ4v) is 2.93. The van der Waals surface area contributed by atoms with E-state index in [0.29, 0.717) is 18.8 Å². The van der Waals surface area contributed by atoms with Crippen molar-refractivity contribution in [2.75, 3.05) is 18.6 Å². The van der Waals surface area contributed by atoms with Crippen LogP contribution >= 0.6 is 0 Å². The van der Waals surface area contributed by atoms with Crippen molar-refractivity contribution < 1.29 is 14.1 Å². The van der Waals surface area contributed by atoms with Crippen LogP contribution in [0.1, 0.15) is 84.0 Å². The first-order valence-corrected chi connectivity index (χ1v) is 10.5. The summed E-state index contributed by atoms with van der Waals surface area (Å²) in [6.07, 6.45) is 15.5. The van der Waals surface area contributed by atoms with Gasteiger partial charge in [-0.3, -0.25) is 4.21 Å². The third-order valence-corrected chi connectivity index (χ3v) is 4.55. The quantitative estimate of drug-likeness (QED) is 0.339. The largest absolute Gasteiger partial charge is 0.368 e. The van der Waals surface area contributed by atoms with Crippen LogP contribution in [0.5, 0.6) is 0 Å². The van der Waals surface area contributed by atoms with Crippen LogP contribution in [0.15, 0.2) is 0 Å². The fraction of sp³-hybridized carbons (Fsp3) is 1.00.